The first kappa shape index (κ1) is 17.9. The van der Waals surface area contributed by atoms with Gasteiger partial charge < -0.3 is 9.26 Å². The van der Waals surface area contributed by atoms with Crippen molar-refractivity contribution >= 4 is 11.8 Å². The third-order valence-electron chi connectivity index (χ3n) is 4.49. The molecule has 0 aromatic carbocycles. The van der Waals surface area contributed by atoms with E-state index in [0.29, 0.717) is 11.9 Å². The molecule has 1 saturated heterocycles. The molecule has 2 atom stereocenters. The quantitative estimate of drug-likeness (QED) is 0.816. The van der Waals surface area contributed by atoms with Gasteiger partial charge in [-0.3, -0.25) is 19.9 Å². The molecule has 0 bridgehead atoms. The van der Waals surface area contributed by atoms with Crippen LogP contribution in [0.5, 0.6) is 0 Å². The molecule has 0 saturated carbocycles. The lowest BCUT2D eigenvalue weighted by atomic mass is 10.1. The first-order chi connectivity index (χ1) is 11.0. The first-order valence-corrected chi connectivity index (χ1v) is 8.26. The standard InChI is InChI=1S/C16H28N4O3/c1-5-14-11-20(7-6-19(14)8-9-22-4)13(3)16(21)17-15-10-12(2)18-23-15/h10,13-14H,5-9,11H2,1-4H3,(H,17,21)/t13-,14+/m1/s1. The van der Waals surface area contributed by atoms with Gasteiger partial charge in [0.1, 0.15) is 0 Å². The van der Waals surface area contributed by atoms with Crippen molar-refractivity contribution in [1.29, 1.82) is 0 Å². The van der Waals surface area contributed by atoms with Gasteiger partial charge in [0.25, 0.3) is 0 Å². The van der Waals surface area contributed by atoms with Gasteiger partial charge in [0.15, 0.2) is 0 Å². The van der Waals surface area contributed by atoms with Gasteiger partial charge in [-0.1, -0.05) is 12.1 Å². The molecule has 1 N–H and O–H groups in total. The number of anilines is 1. The number of amides is 1. The number of ether oxygens (including phenoxy) is 1. The summed E-state index contributed by atoms with van der Waals surface area (Å²) in [6.45, 7) is 10.4. The van der Waals surface area contributed by atoms with E-state index in [0.717, 1.165) is 44.9 Å². The van der Waals surface area contributed by atoms with Crippen LogP contribution in [-0.2, 0) is 9.53 Å². The molecular weight excluding hydrogens is 296 g/mol. The fourth-order valence-corrected chi connectivity index (χ4v) is 2.97. The van der Waals surface area contributed by atoms with Crippen LogP contribution in [0.2, 0.25) is 0 Å². The van der Waals surface area contributed by atoms with E-state index >= 15 is 0 Å². The van der Waals surface area contributed by atoms with Gasteiger partial charge in [0.2, 0.25) is 11.8 Å². The van der Waals surface area contributed by atoms with Crippen LogP contribution >= 0.6 is 0 Å². The Labute approximate surface area is 137 Å². The number of rotatable bonds is 7. The number of aromatic nitrogens is 1. The highest BCUT2D eigenvalue weighted by Crippen LogP contribution is 2.16. The van der Waals surface area contributed by atoms with E-state index in [-0.39, 0.29) is 11.9 Å². The van der Waals surface area contributed by atoms with E-state index in [1.54, 1.807) is 13.2 Å². The summed E-state index contributed by atoms with van der Waals surface area (Å²) in [6, 6.07) is 1.99. The van der Waals surface area contributed by atoms with Gasteiger partial charge in [-0.15, -0.1) is 0 Å². The number of aryl methyl sites for hydroxylation is 1. The topological polar surface area (TPSA) is 70.8 Å². The van der Waals surface area contributed by atoms with Crippen molar-refractivity contribution in [1.82, 2.24) is 15.0 Å². The number of carbonyl (C=O) groups is 1. The number of nitrogens with zero attached hydrogens (tertiary/aromatic N) is 3. The molecule has 2 rings (SSSR count). The van der Waals surface area contributed by atoms with E-state index in [1.165, 1.54) is 0 Å². The molecule has 7 heteroatoms. The van der Waals surface area contributed by atoms with Crippen molar-refractivity contribution in [2.75, 3.05) is 45.2 Å². The fourth-order valence-electron chi connectivity index (χ4n) is 2.97. The van der Waals surface area contributed by atoms with Crippen LogP contribution in [0.3, 0.4) is 0 Å². The number of hydrogen-bond acceptors (Lipinski definition) is 6. The smallest absolute Gasteiger partial charge is 0.243 e. The molecule has 1 aromatic rings. The molecule has 130 valence electrons. The van der Waals surface area contributed by atoms with Crippen LogP contribution in [-0.4, -0.2) is 72.8 Å². The van der Waals surface area contributed by atoms with Gasteiger partial charge in [-0.25, -0.2) is 0 Å². The monoisotopic (exact) mass is 324 g/mol. The van der Waals surface area contributed by atoms with E-state index in [2.05, 4.69) is 27.2 Å². The second-order valence-corrected chi connectivity index (χ2v) is 6.08. The highest BCUT2D eigenvalue weighted by molar-refractivity contribution is 5.93. The van der Waals surface area contributed by atoms with Crippen LogP contribution in [0, 0.1) is 6.92 Å². The lowest BCUT2D eigenvalue weighted by Crippen LogP contribution is -2.57. The number of nitrogens with one attached hydrogen (secondary N) is 1. The zero-order valence-corrected chi connectivity index (χ0v) is 14.5. The first-order valence-electron chi connectivity index (χ1n) is 8.26. The zero-order valence-electron chi connectivity index (χ0n) is 14.5. The van der Waals surface area contributed by atoms with Crippen molar-refractivity contribution < 1.29 is 14.1 Å². The molecule has 1 amide bonds. The van der Waals surface area contributed by atoms with Crippen molar-refractivity contribution in [3.8, 4) is 0 Å². The molecule has 1 aliphatic heterocycles. The van der Waals surface area contributed by atoms with E-state index in [1.807, 2.05) is 13.8 Å². The Kier molecular flexibility index (Phi) is 6.56. The highest BCUT2D eigenvalue weighted by atomic mass is 16.5. The number of hydrogen-bond donors (Lipinski definition) is 1. The summed E-state index contributed by atoms with van der Waals surface area (Å²) in [5.41, 5.74) is 0.755. The van der Waals surface area contributed by atoms with Crippen molar-refractivity contribution in [2.45, 2.75) is 39.3 Å². The van der Waals surface area contributed by atoms with Crippen LogP contribution < -0.4 is 5.32 Å². The summed E-state index contributed by atoms with van der Waals surface area (Å²) >= 11 is 0. The molecule has 0 spiro atoms. The third kappa shape index (κ3) is 4.76. The Morgan fingerprint density at radius 3 is 2.96 bits per heavy atom. The Morgan fingerprint density at radius 2 is 2.35 bits per heavy atom. The summed E-state index contributed by atoms with van der Waals surface area (Å²) in [4.78, 5) is 17.1. The van der Waals surface area contributed by atoms with E-state index < -0.39 is 0 Å². The number of methoxy groups -OCH3 is 1. The van der Waals surface area contributed by atoms with E-state index in [9.17, 15) is 4.79 Å². The van der Waals surface area contributed by atoms with Crippen LogP contribution in [0.25, 0.3) is 0 Å². The maximum absolute atomic E-state index is 12.4. The minimum atomic E-state index is -0.195. The average Bonchev–Trinajstić information content (AvgIpc) is 2.96. The molecule has 0 radical (unpaired) electrons. The largest absolute Gasteiger partial charge is 0.383 e. The normalized spacial score (nSPS) is 21.3. The third-order valence-corrected chi connectivity index (χ3v) is 4.49. The fraction of sp³-hybridized carbons (Fsp3) is 0.750. The SMILES string of the molecule is CC[C@H]1CN([C@H](C)C(=O)Nc2cc(C)no2)CCN1CCOC. The molecule has 2 heterocycles. The number of carbonyl (C=O) groups excluding carboxylic acids is 1. The molecule has 7 nitrogen and oxygen atoms in total. The predicted molar refractivity (Wildman–Crippen MR) is 88.4 cm³/mol. The van der Waals surface area contributed by atoms with Crippen LogP contribution in [0.1, 0.15) is 26.0 Å². The zero-order chi connectivity index (χ0) is 16.8. The minimum absolute atomic E-state index is 0.0543. The summed E-state index contributed by atoms with van der Waals surface area (Å²) in [6.07, 6.45) is 1.07. The maximum atomic E-state index is 12.4. The Balaban J connectivity index is 1.89. The van der Waals surface area contributed by atoms with E-state index in [4.69, 9.17) is 9.26 Å². The van der Waals surface area contributed by atoms with Crippen molar-refractivity contribution in [3.05, 3.63) is 11.8 Å². The Bertz CT molecular complexity index is 505. The minimum Gasteiger partial charge on any atom is -0.383 e. The van der Waals surface area contributed by atoms with Crippen LogP contribution in [0.15, 0.2) is 10.6 Å². The van der Waals surface area contributed by atoms with Gasteiger partial charge in [-0.05, 0) is 20.3 Å². The lowest BCUT2D eigenvalue weighted by molar-refractivity contribution is -0.122. The highest BCUT2D eigenvalue weighted by Gasteiger charge is 2.31. The Hall–Kier alpha value is -1.44. The molecule has 1 aromatic heterocycles. The lowest BCUT2D eigenvalue weighted by Gasteiger charge is -2.43. The molecule has 1 fully saturated rings. The average molecular weight is 324 g/mol. The van der Waals surface area contributed by atoms with Gasteiger partial charge >= 0.3 is 0 Å². The summed E-state index contributed by atoms with van der Waals surface area (Å²) in [7, 11) is 1.73. The second-order valence-electron chi connectivity index (χ2n) is 6.08. The second kappa shape index (κ2) is 8.42. The molecule has 23 heavy (non-hydrogen) atoms. The summed E-state index contributed by atoms with van der Waals surface area (Å²) in [5, 5.41) is 6.58. The van der Waals surface area contributed by atoms with Gasteiger partial charge in [0, 0.05) is 45.4 Å². The molecule has 1 aliphatic rings. The molecule has 0 unspecified atom stereocenters. The maximum Gasteiger partial charge on any atom is 0.243 e. The molecular formula is C16H28N4O3. The van der Waals surface area contributed by atoms with Gasteiger partial charge in [-0.2, -0.15) is 0 Å². The summed E-state index contributed by atoms with van der Waals surface area (Å²) in [5.74, 6) is 0.353. The summed E-state index contributed by atoms with van der Waals surface area (Å²) < 4.78 is 10.2. The van der Waals surface area contributed by atoms with Gasteiger partial charge in [0.05, 0.1) is 18.3 Å². The molecule has 0 aliphatic carbocycles. The van der Waals surface area contributed by atoms with Crippen LogP contribution in [0.4, 0.5) is 5.88 Å². The Morgan fingerprint density at radius 1 is 1.57 bits per heavy atom. The van der Waals surface area contributed by atoms with Crippen molar-refractivity contribution in [3.63, 3.8) is 0 Å². The predicted octanol–water partition coefficient (Wildman–Crippen LogP) is 1.35. The van der Waals surface area contributed by atoms with Crippen molar-refractivity contribution in [2.24, 2.45) is 0 Å². The number of piperazine rings is 1.